The lowest BCUT2D eigenvalue weighted by molar-refractivity contribution is 0.589. The molecule has 0 aliphatic carbocycles. The predicted octanol–water partition coefficient (Wildman–Crippen LogP) is 3.94. The number of benzene rings is 1. The molecule has 0 saturated heterocycles. The molecule has 0 aliphatic rings. The molecule has 0 fully saturated rings. The first-order valence-electron chi connectivity index (χ1n) is 7.02. The van der Waals surface area contributed by atoms with Crippen LogP contribution in [0.15, 0.2) is 30.5 Å². The molecule has 0 spiro atoms. The number of fused-ring (bicyclic) bond motifs is 1. The molecule has 2 heteroatoms. The van der Waals surface area contributed by atoms with Crippen LogP contribution in [0, 0.1) is 0 Å². The van der Waals surface area contributed by atoms with Crippen LogP contribution in [0.4, 0.5) is 0 Å². The summed E-state index contributed by atoms with van der Waals surface area (Å²) in [7, 11) is 0. The molecule has 0 atom stereocenters. The average Bonchev–Trinajstić information content (AvgIpc) is 2.76. The number of nitrogens with one attached hydrogen (secondary N) is 1. The van der Waals surface area contributed by atoms with Gasteiger partial charge in [0.25, 0.3) is 0 Å². The lowest BCUT2D eigenvalue weighted by Gasteiger charge is -2.09. The molecule has 0 saturated carbocycles. The zero-order valence-corrected chi connectivity index (χ0v) is 11.7. The number of rotatable bonds is 6. The smallest absolute Gasteiger partial charge is 0.0483 e. The summed E-state index contributed by atoms with van der Waals surface area (Å²) in [6, 6.07) is 9.52. The highest BCUT2D eigenvalue weighted by Gasteiger charge is 2.02. The third-order valence-electron chi connectivity index (χ3n) is 3.31. The fourth-order valence-electron chi connectivity index (χ4n) is 2.18. The van der Waals surface area contributed by atoms with Gasteiger partial charge < -0.3 is 9.88 Å². The Morgan fingerprint density at radius 3 is 2.78 bits per heavy atom. The van der Waals surface area contributed by atoms with E-state index in [1.807, 2.05) is 0 Å². The second-order valence-electron chi connectivity index (χ2n) is 5.29. The Morgan fingerprint density at radius 1 is 1.22 bits per heavy atom. The van der Waals surface area contributed by atoms with Gasteiger partial charge in [0, 0.05) is 30.8 Å². The third kappa shape index (κ3) is 3.14. The summed E-state index contributed by atoms with van der Waals surface area (Å²) in [4.78, 5) is 0. The highest BCUT2D eigenvalue weighted by molar-refractivity contribution is 5.80. The van der Waals surface area contributed by atoms with Crippen LogP contribution in [-0.4, -0.2) is 10.6 Å². The summed E-state index contributed by atoms with van der Waals surface area (Å²) in [5.74, 6) is 0. The summed E-state index contributed by atoms with van der Waals surface area (Å²) >= 11 is 0. The molecule has 1 aromatic carbocycles. The van der Waals surface area contributed by atoms with Gasteiger partial charge in [-0.05, 0) is 29.5 Å². The number of aryl methyl sites for hydroxylation is 1. The van der Waals surface area contributed by atoms with E-state index in [1.165, 1.54) is 29.3 Å². The van der Waals surface area contributed by atoms with Crippen molar-refractivity contribution in [3.8, 4) is 0 Å². The molecule has 0 bridgehead atoms. The maximum atomic E-state index is 3.47. The fraction of sp³-hybridized carbons (Fsp3) is 0.500. The van der Waals surface area contributed by atoms with Gasteiger partial charge >= 0.3 is 0 Å². The second kappa shape index (κ2) is 6.05. The molecule has 1 aromatic heterocycles. The summed E-state index contributed by atoms with van der Waals surface area (Å²) in [6.07, 6.45) is 4.70. The minimum atomic E-state index is 0.535. The molecule has 0 radical (unpaired) electrons. The largest absolute Gasteiger partial charge is 0.347 e. The monoisotopic (exact) mass is 244 g/mol. The standard InChI is InChI=1S/C16H24N2/c1-4-5-9-18-10-8-15-7-6-14(11-16(15)18)12-17-13(2)3/h6-8,10-11,13,17H,4-5,9,12H2,1-3H3. The summed E-state index contributed by atoms with van der Waals surface area (Å²) in [5.41, 5.74) is 2.74. The minimum absolute atomic E-state index is 0.535. The van der Waals surface area contributed by atoms with Crippen molar-refractivity contribution < 1.29 is 0 Å². The Morgan fingerprint density at radius 2 is 2.06 bits per heavy atom. The number of hydrogen-bond donors (Lipinski definition) is 1. The van der Waals surface area contributed by atoms with E-state index >= 15 is 0 Å². The van der Waals surface area contributed by atoms with Gasteiger partial charge in [0.15, 0.2) is 0 Å². The van der Waals surface area contributed by atoms with Crippen LogP contribution in [-0.2, 0) is 13.1 Å². The third-order valence-corrected chi connectivity index (χ3v) is 3.31. The zero-order valence-electron chi connectivity index (χ0n) is 11.7. The van der Waals surface area contributed by atoms with E-state index in [2.05, 4.69) is 61.1 Å². The normalized spacial score (nSPS) is 11.6. The quantitative estimate of drug-likeness (QED) is 0.814. The first kappa shape index (κ1) is 13.2. The Balaban J connectivity index is 2.19. The molecular weight excluding hydrogens is 220 g/mol. The first-order valence-corrected chi connectivity index (χ1v) is 7.02. The maximum Gasteiger partial charge on any atom is 0.0483 e. The summed E-state index contributed by atoms with van der Waals surface area (Å²) in [6.45, 7) is 8.68. The molecule has 0 amide bonds. The van der Waals surface area contributed by atoms with Crippen LogP contribution in [0.5, 0.6) is 0 Å². The van der Waals surface area contributed by atoms with Crippen molar-refractivity contribution in [3.05, 3.63) is 36.0 Å². The predicted molar refractivity (Wildman–Crippen MR) is 78.8 cm³/mol. The van der Waals surface area contributed by atoms with Gasteiger partial charge in [-0.2, -0.15) is 0 Å². The molecule has 2 rings (SSSR count). The van der Waals surface area contributed by atoms with Crippen LogP contribution in [0.25, 0.3) is 10.9 Å². The van der Waals surface area contributed by atoms with Gasteiger partial charge in [-0.25, -0.2) is 0 Å². The molecule has 18 heavy (non-hydrogen) atoms. The molecule has 1 N–H and O–H groups in total. The van der Waals surface area contributed by atoms with Crippen molar-refractivity contribution in [1.82, 2.24) is 9.88 Å². The van der Waals surface area contributed by atoms with E-state index in [9.17, 15) is 0 Å². The van der Waals surface area contributed by atoms with Gasteiger partial charge in [-0.1, -0.05) is 39.3 Å². The van der Waals surface area contributed by atoms with Gasteiger partial charge in [-0.15, -0.1) is 0 Å². The van der Waals surface area contributed by atoms with Gasteiger partial charge in [0.1, 0.15) is 0 Å². The SMILES string of the molecule is CCCCn1ccc2ccc(CNC(C)C)cc21. The van der Waals surface area contributed by atoms with E-state index in [0.29, 0.717) is 6.04 Å². The fourth-order valence-corrected chi connectivity index (χ4v) is 2.18. The number of hydrogen-bond acceptors (Lipinski definition) is 1. The summed E-state index contributed by atoms with van der Waals surface area (Å²) < 4.78 is 2.37. The van der Waals surface area contributed by atoms with Crippen LogP contribution < -0.4 is 5.32 Å². The lowest BCUT2D eigenvalue weighted by atomic mass is 10.1. The zero-order chi connectivity index (χ0) is 13.0. The van der Waals surface area contributed by atoms with Crippen molar-refractivity contribution in [3.63, 3.8) is 0 Å². The van der Waals surface area contributed by atoms with Gasteiger partial charge in [0.05, 0.1) is 0 Å². The average molecular weight is 244 g/mol. The lowest BCUT2D eigenvalue weighted by Crippen LogP contribution is -2.21. The Hall–Kier alpha value is -1.28. The molecule has 2 nitrogen and oxygen atoms in total. The van der Waals surface area contributed by atoms with Crippen LogP contribution in [0.3, 0.4) is 0 Å². The molecule has 98 valence electrons. The van der Waals surface area contributed by atoms with E-state index in [-0.39, 0.29) is 0 Å². The Bertz CT molecular complexity index is 497. The van der Waals surface area contributed by atoms with E-state index in [4.69, 9.17) is 0 Å². The van der Waals surface area contributed by atoms with E-state index in [1.54, 1.807) is 0 Å². The molecular formula is C16H24N2. The second-order valence-corrected chi connectivity index (χ2v) is 5.29. The van der Waals surface area contributed by atoms with E-state index in [0.717, 1.165) is 13.1 Å². The van der Waals surface area contributed by atoms with Crippen LogP contribution >= 0.6 is 0 Å². The molecule has 2 aromatic rings. The number of aromatic nitrogens is 1. The highest BCUT2D eigenvalue weighted by Crippen LogP contribution is 2.18. The highest BCUT2D eigenvalue weighted by atomic mass is 14.9. The topological polar surface area (TPSA) is 17.0 Å². The van der Waals surface area contributed by atoms with Crippen molar-refractivity contribution in [2.75, 3.05) is 0 Å². The molecule has 0 unspecified atom stereocenters. The maximum absolute atomic E-state index is 3.47. The van der Waals surface area contributed by atoms with Crippen molar-refractivity contribution in [2.24, 2.45) is 0 Å². The van der Waals surface area contributed by atoms with Crippen molar-refractivity contribution in [2.45, 2.75) is 52.7 Å². The summed E-state index contributed by atoms with van der Waals surface area (Å²) in [5, 5.41) is 4.82. The van der Waals surface area contributed by atoms with Crippen molar-refractivity contribution >= 4 is 10.9 Å². The Labute approximate surface area is 110 Å². The van der Waals surface area contributed by atoms with E-state index < -0.39 is 0 Å². The van der Waals surface area contributed by atoms with Crippen molar-refractivity contribution in [1.29, 1.82) is 0 Å². The number of nitrogens with zero attached hydrogens (tertiary/aromatic N) is 1. The van der Waals surface area contributed by atoms with Gasteiger partial charge in [0.2, 0.25) is 0 Å². The number of unbranched alkanes of at least 4 members (excludes halogenated alkanes) is 1. The van der Waals surface area contributed by atoms with Crippen LogP contribution in [0.2, 0.25) is 0 Å². The van der Waals surface area contributed by atoms with Gasteiger partial charge in [-0.3, -0.25) is 0 Å². The molecule has 0 aliphatic heterocycles. The van der Waals surface area contributed by atoms with Crippen LogP contribution in [0.1, 0.15) is 39.2 Å². The first-order chi connectivity index (χ1) is 8.70. The minimum Gasteiger partial charge on any atom is -0.347 e. The molecule has 1 heterocycles. The Kier molecular flexibility index (Phi) is 4.43.